The minimum Gasteiger partial charge on any atom is -0.347 e. The third-order valence-corrected chi connectivity index (χ3v) is 5.55. The van der Waals surface area contributed by atoms with Crippen molar-refractivity contribution in [3.8, 4) is 0 Å². The number of nitrogens with one attached hydrogen (secondary N) is 3. The van der Waals surface area contributed by atoms with Crippen LogP contribution in [0.4, 0.5) is 16.2 Å². The Morgan fingerprint density at radius 3 is 2.40 bits per heavy atom. The molecule has 0 bridgehead atoms. The molecule has 1 fully saturated rings. The number of likely N-dealkylation sites (tertiary alicyclic amines) is 1. The van der Waals surface area contributed by atoms with Crippen molar-refractivity contribution >= 4 is 40.8 Å². The van der Waals surface area contributed by atoms with Gasteiger partial charge >= 0.3 is 6.03 Å². The second-order valence-corrected chi connectivity index (χ2v) is 7.64. The molecular formula is C22H25ClN4O3. The van der Waals surface area contributed by atoms with Gasteiger partial charge in [-0.25, -0.2) is 4.79 Å². The van der Waals surface area contributed by atoms with Crippen LogP contribution in [0.5, 0.6) is 0 Å². The lowest BCUT2D eigenvalue weighted by Gasteiger charge is -2.31. The Labute approximate surface area is 180 Å². The van der Waals surface area contributed by atoms with Crippen LogP contribution in [0, 0.1) is 12.8 Å². The normalized spacial score (nSPS) is 14.1. The van der Waals surface area contributed by atoms with Crippen molar-refractivity contribution in [1.82, 2.24) is 10.2 Å². The van der Waals surface area contributed by atoms with Crippen LogP contribution in [0.25, 0.3) is 0 Å². The molecule has 2 aromatic rings. The smallest absolute Gasteiger partial charge is 0.321 e. The maximum atomic E-state index is 12.4. The second kappa shape index (κ2) is 10.1. The SMILES string of the molecule is Cc1c(Cl)cccc1NC(=O)CNC(=O)C1CCN(C(=O)Nc2ccccc2)CC1. The number of hydrogen-bond acceptors (Lipinski definition) is 3. The van der Waals surface area contributed by atoms with E-state index in [9.17, 15) is 14.4 Å². The molecule has 158 valence electrons. The molecule has 2 aromatic carbocycles. The number of halogens is 1. The Kier molecular flexibility index (Phi) is 7.30. The van der Waals surface area contributed by atoms with E-state index in [2.05, 4.69) is 16.0 Å². The first-order chi connectivity index (χ1) is 14.4. The Morgan fingerprint density at radius 1 is 1.00 bits per heavy atom. The Morgan fingerprint density at radius 2 is 1.70 bits per heavy atom. The molecule has 0 atom stereocenters. The Balaban J connectivity index is 1.41. The van der Waals surface area contributed by atoms with Crippen molar-refractivity contribution in [1.29, 1.82) is 0 Å². The van der Waals surface area contributed by atoms with Crippen LogP contribution in [-0.2, 0) is 9.59 Å². The first-order valence-corrected chi connectivity index (χ1v) is 10.3. The van der Waals surface area contributed by atoms with Crippen LogP contribution in [-0.4, -0.2) is 42.4 Å². The van der Waals surface area contributed by atoms with Gasteiger partial charge in [-0.2, -0.15) is 0 Å². The predicted molar refractivity (Wildman–Crippen MR) is 118 cm³/mol. The lowest BCUT2D eigenvalue weighted by molar-refractivity contribution is -0.128. The molecule has 7 nitrogen and oxygen atoms in total. The number of rotatable bonds is 5. The number of hydrogen-bond donors (Lipinski definition) is 3. The highest BCUT2D eigenvalue weighted by Crippen LogP contribution is 2.23. The van der Waals surface area contributed by atoms with Crippen LogP contribution >= 0.6 is 11.6 Å². The van der Waals surface area contributed by atoms with Crippen LogP contribution < -0.4 is 16.0 Å². The molecular weight excluding hydrogens is 404 g/mol. The molecule has 0 radical (unpaired) electrons. The van der Waals surface area contributed by atoms with Gasteiger partial charge in [-0.3, -0.25) is 9.59 Å². The van der Waals surface area contributed by atoms with Crippen molar-refractivity contribution in [3.63, 3.8) is 0 Å². The third kappa shape index (κ3) is 5.73. The summed E-state index contributed by atoms with van der Waals surface area (Å²) in [5.41, 5.74) is 2.14. The molecule has 0 aromatic heterocycles. The summed E-state index contributed by atoms with van der Waals surface area (Å²) in [7, 11) is 0. The van der Waals surface area contributed by atoms with Crippen molar-refractivity contribution in [2.45, 2.75) is 19.8 Å². The summed E-state index contributed by atoms with van der Waals surface area (Å²) in [6.07, 6.45) is 1.12. The largest absolute Gasteiger partial charge is 0.347 e. The molecule has 1 heterocycles. The molecule has 8 heteroatoms. The van der Waals surface area contributed by atoms with Gasteiger partial charge in [0, 0.05) is 35.4 Å². The van der Waals surface area contributed by atoms with Gasteiger partial charge in [0.2, 0.25) is 11.8 Å². The summed E-state index contributed by atoms with van der Waals surface area (Å²) < 4.78 is 0. The van der Waals surface area contributed by atoms with E-state index in [1.54, 1.807) is 23.1 Å². The monoisotopic (exact) mass is 428 g/mol. The molecule has 0 spiro atoms. The molecule has 3 N–H and O–H groups in total. The van der Waals surface area contributed by atoms with E-state index in [0.29, 0.717) is 36.6 Å². The first kappa shape index (κ1) is 21.6. The number of nitrogens with zero attached hydrogens (tertiary/aromatic N) is 1. The first-order valence-electron chi connectivity index (χ1n) is 9.87. The number of carbonyl (C=O) groups excluding carboxylic acids is 3. The number of urea groups is 1. The number of benzene rings is 2. The van der Waals surface area contributed by atoms with Crippen LogP contribution in [0.1, 0.15) is 18.4 Å². The van der Waals surface area contributed by atoms with Crippen molar-refractivity contribution in [3.05, 3.63) is 59.1 Å². The Bertz CT molecular complexity index is 912. The predicted octanol–water partition coefficient (Wildman–Crippen LogP) is 3.65. The molecule has 1 aliphatic heterocycles. The zero-order valence-electron chi connectivity index (χ0n) is 16.8. The van der Waals surface area contributed by atoms with Crippen molar-refractivity contribution < 1.29 is 14.4 Å². The van der Waals surface area contributed by atoms with E-state index in [1.807, 2.05) is 37.3 Å². The minimum atomic E-state index is -0.312. The number of piperidine rings is 1. The zero-order chi connectivity index (χ0) is 21.5. The van der Waals surface area contributed by atoms with Gasteiger partial charge in [0.25, 0.3) is 0 Å². The van der Waals surface area contributed by atoms with E-state index in [4.69, 9.17) is 11.6 Å². The van der Waals surface area contributed by atoms with Gasteiger partial charge in [0.05, 0.1) is 6.54 Å². The molecule has 4 amide bonds. The van der Waals surface area contributed by atoms with Gasteiger partial charge in [-0.05, 0) is 49.6 Å². The molecule has 30 heavy (non-hydrogen) atoms. The highest BCUT2D eigenvalue weighted by Gasteiger charge is 2.27. The molecule has 0 unspecified atom stereocenters. The summed E-state index contributed by atoms with van der Waals surface area (Å²) in [6, 6.07) is 14.4. The van der Waals surface area contributed by atoms with E-state index >= 15 is 0 Å². The van der Waals surface area contributed by atoms with Gasteiger partial charge in [0.1, 0.15) is 0 Å². The number of amides is 4. The average Bonchev–Trinajstić information content (AvgIpc) is 2.76. The molecule has 0 saturated carbocycles. The topological polar surface area (TPSA) is 90.5 Å². The average molecular weight is 429 g/mol. The molecule has 1 saturated heterocycles. The fourth-order valence-corrected chi connectivity index (χ4v) is 3.49. The van der Waals surface area contributed by atoms with Crippen LogP contribution in [0.15, 0.2) is 48.5 Å². The lowest BCUT2D eigenvalue weighted by atomic mass is 9.96. The van der Waals surface area contributed by atoms with Crippen LogP contribution in [0.3, 0.4) is 0 Å². The van der Waals surface area contributed by atoms with E-state index in [0.717, 1.165) is 11.3 Å². The van der Waals surface area contributed by atoms with Gasteiger partial charge in [0.15, 0.2) is 0 Å². The zero-order valence-corrected chi connectivity index (χ0v) is 17.5. The highest BCUT2D eigenvalue weighted by molar-refractivity contribution is 6.31. The number of para-hydroxylation sites is 1. The summed E-state index contributed by atoms with van der Waals surface area (Å²) >= 11 is 6.05. The van der Waals surface area contributed by atoms with Gasteiger partial charge in [-0.1, -0.05) is 35.9 Å². The van der Waals surface area contributed by atoms with Crippen LogP contribution in [0.2, 0.25) is 5.02 Å². The molecule has 0 aliphatic carbocycles. The van der Waals surface area contributed by atoms with E-state index in [-0.39, 0.29) is 30.3 Å². The van der Waals surface area contributed by atoms with Crippen molar-refractivity contribution in [2.75, 3.05) is 30.3 Å². The fourth-order valence-electron chi connectivity index (χ4n) is 3.32. The number of anilines is 2. The van der Waals surface area contributed by atoms with E-state index < -0.39 is 0 Å². The third-order valence-electron chi connectivity index (χ3n) is 5.14. The molecule has 1 aliphatic rings. The van der Waals surface area contributed by atoms with E-state index in [1.165, 1.54) is 0 Å². The quantitative estimate of drug-likeness (QED) is 0.678. The minimum absolute atomic E-state index is 0.112. The fraction of sp³-hybridized carbons (Fsp3) is 0.318. The van der Waals surface area contributed by atoms with Gasteiger partial charge in [-0.15, -0.1) is 0 Å². The standard InChI is InChI=1S/C22H25ClN4O3/c1-15-18(23)8-5-9-19(15)26-20(28)14-24-21(29)16-10-12-27(13-11-16)22(30)25-17-6-3-2-4-7-17/h2-9,16H,10-14H2,1H3,(H,24,29)(H,25,30)(H,26,28). The summed E-state index contributed by atoms with van der Waals surface area (Å²) in [5, 5.41) is 8.86. The lowest BCUT2D eigenvalue weighted by Crippen LogP contribution is -2.45. The summed E-state index contributed by atoms with van der Waals surface area (Å²) in [6.45, 7) is 2.69. The summed E-state index contributed by atoms with van der Waals surface area (Å²) in [4.78, 5) is 38.6. The highest BCUT2D eigenvalue weighted by atomic mass is 35.5. The van der Waals surface area contributed by atoms with Crippen molar-refractivity contribution in [2.24, 2.45) is 5.92 Å². The Hall–Kier alpha value is -3.06. The summed E-state index contributed by atoms with van der Waals surface area (Å²) in [5.74, 6) is -0.698. The number of carbonyl (C=O) groups is 3. The maximum absolute atomic E-state index is 12.4. The maximum Gasteiger partial charge on any atom is 0.321 e. The second-order valence-electron chi connectivity index (χ2n) is 7.24. The molecule has 3 rings (SSSR count). The van der Waals surface area contributed by atoms with Gasteiger partial charge < -0.3 is 20.9 Å².